The summed E-state index contributed by atoms with van der Waals surface area (Å²) < 4.78 is 0. The number of carbonyl (C=O) groups excluding carboxylic acids is 2. The summed E-state index contributed by atoms with van der Waals surface area (Å²) >= 11 is 0. The highest BCUT2D eigenvalue weighted by Crippen LogP contribution is 2.20. The van der Waals surface area contributed by atoms with Crippen molar-refractivity contribution in [3.63, 3.8) is 0 Å². The van der Waals surface area contributed by atoms with Gasteiger partial charge in [-0.05, 0) is 24.6 Å². The molecule has 0 fully saturated rings. The molecule has 2 aromatic carbocycles. The quantitative estimate of drug-likeness (QED) is 0.882. The molecule has 0 bridgehead atoms. The fourth-order valence-corrected chi connectivity index (χ4v) is 2.58. The van der Waals surface area contributed by atoms with Crippen LogP contribution in [0.5, 0.6) is 0 Å². The SMILES string of the molecule is CC(=O)N(CCC(=O)NCc1cccc(C)c1)c1ccccc1C#N. The van der Waals surface area contributed by atoms with Crippen molar-refractivity contribution in [2.45, 2.75) is 26.8 Å². The van der Waals surface area contributed by atoms with Gasteiger partial charge < -0.3 is 10.2 Å². The fourth-order valence-electron chi connectivity index (χ4n) is 2.58. The van der Waals surface area contributed by atoms with Crippen LogP contribution in [0.25, 0.3) is 0 Å². The Kier molecular flexibility index (Phi) is 6.30. The maximum absolute atomic E-state index is 12.1. The van der Waals surface area contributed by atoms with E-state index in [1.54, 1.807) is 24.3 Å². The molecule has 0 saturated heterocycles. The second kappa shape index (κ2) is 8.65. The van der Waals surface area contributed by atoms with Gasteiger partial charge in [-0.15, -0.1) is 0 Å². The van der Waals surface area contributed by atoms with Crippen LogP contribution < -0.4 is 10.2 Å². The Morgan fingerprint density at radius 3 is 2.60 bits per heavy atom. The molecule has 0 spiro atoms. The Hall–Kier alpha value is -3.13. The summed E-state index contributed by atoms with van der Waals surface area (Å²) in [5.74, 6) is -0.337. The van der Waals surface area contributed by atoms with E-state index in [9.17, 15) is 14.9 Å². The minimum atomic E-state index is -0.200. The summed E-state index contributed by atoms with van der Waals surface area (Å²) in [6.45, 7) is 4.12. The van der Waals surface area contributed by atoms with Crippen molar-refractivity contribution in [3.05, 3.63) is 65.2 Å². The first-order chi connectivity index (χ1) is 12.0. The second-order valence-corrected chi connectivity index (χ2v) is 5.82. The van der Waals surface area contributed by atoms with E-state index in [1.807, 2.05) is 31.2 Å². The summed E-state index contributed by atoms with van der Waals surface area (Å²) in [5.41, 5.74) is 3.12. The van der Waals surface area contributed by atoms with E-state index < -0.39 is 0 Å². The molecule has 0 aliphatic rings. The van der Waals surface area contributed by atoms with Gasteiger partial charge in [0.05, 0.1) is 11.3 Å². The third-order valence-electron chi connectivity index (χ3n) is 3.83. The van der Waals surface area contributed by atoms with E-state index in [1.165, 1.54) is 11.8 Å². The molecule has 0 unspecified atom stereocenters. The van der Waals surface area contributed by atoms with Crippen LogP contribution in [0.1, 0.15) is 30.0 Å². The zero-order valence-electron chi connectivity index (χ0n) is 14.5. The fraction of sp³-hybridized carbons (Fsp3) is 0.250. The molecule has 0 radical (unpaired) electrons. The number of hydrogen-bond donors (Lipinski definition) is 1. The Balaban J connectivity index is 1.96. The predicted molar refractivity (Wildman–Crippen MR) is 96.8 cm³/mol. The lowest BCUT2D eigenvalue weighted by Crippen LogP contribution is -2.34. The number of aryl methyl sites for hydroxylation is 1. The van der Waals surface area contributed by atoms with E-state index >= 15 is 0 Å². The monoisotopic (exact) mass is 335 g/mol. The van der Waals surface area contributed by atoms with Crippen molar-refractivity contribution in [3.8, 4) is 6.07 Å². The predicted octanol–water partition coefficient (Wildman–Crippen LogP) is 2.93. The highest BCUT2D eigenvalue weighted by Gasteiger charge is 2.16. The van der Waals surface area contributed by atoms with E-state index in [0.717, 1.165) is 11.1 Å². The number of amides is 2. The van der Waals surface area contributed by atoms with Gasteiger partial charge in [0.1, 0.15) is 6.07 Å². The van der Waals surface area contributed by atoms with Gasteiger partial charge in [0.2, 0.25) is 11.8 Å². The van der Waals surface area contributed by atoms with Crippen LogP contribution in [0.4, 0.5) is 5.69 Å². The Labute approximate surface area is 147 Å². The average molecular weight is 335 g/mol. The molecule has 0 aliphatic heterocycles. The van der Waals surface area contributed by atoms with Gasteiger partial charge in [-0.2, -0.15) is 5.26 Å². The third-order valence-corrected chi connectivity index (χ3v) is 3.83. The van der Waals surface area contributed by atoms with Crippen molar-refractivity contribution < 1.29 is 9.59 Å². The first-order valence-corrected chi connectivity index (χ1v) is 8.10. The summed E-state index contributed by atoms with van der Waals surface area (Å²) in [5, 5.41) is 12.1. The molecule has 0 aliphatic carbocycles. The van der Waals surface area contributed by atoms with Gasteiger partial charge in [0.15, 0.2) is 0 Å². The molecule has 0 saturated carbocycles. The van der Waals surface area contributed by atoms with Crippen LogP contribution in [-0.4, -0.2) is 18.4 Å². The number of carbonyl (C=O) groups is 2. The zero-order chi connectivity index (χ0) is 18.2. The smallest absolute Gasteiger partial charge is 0.223 e. The van der Waals surface area contributed by atoms with Crippen LogP contribution >= 0.6 is 0 Å². The van der Waals surface area contributed by atoms with Gasteiger partial charge >= 0.3 is 0 Å². The van der Waals surface area contributed by atoms with Crippen LogP contribution in [0.3, 0.4) is 0 Å². The number of nitriles is 1. The number of nitrogens with zero attached hydrogens (tertiary/aromatic N) is 2. The first kappa shape index (κ1) is 18.2. The first-order valence-electron chi connectivity index (χ1n) is 8.10. The lowest BCUT2D eigenvalue weighted by atomic mass is 10.1. The minimum absolute atomic E-state index is 0.137. The van der Waals surface area contributed by atoms with Crippen molar-refractivity contribution in [1.29, 1.82) is 5.26 Å². The summed E-state index contributed by atoms with van der Waals surface area (Å²) in [6, 6.07) is 16.9. The van der Waals surface area contributed by atoms with Crippen LogP contribution in [0.2, 0.25) is 0 Å². The number of anilines is 1. The molecule has 128 valence electrons. The van der Waals surface area contributed by atoms with Crippen molar-refractivity contribution in [2.24, 2.45) is 0 Å². The zero-order valence-corrected chi connectivity index (χ0v) is 14.5. The Morgan fingerprint density at radius 2 is 1.92 bits per heavy atom. The molecule has 2 aromatic rings. The summed E-state index contributed by atoms with van der Waals surface area (Å²) in [7, 11) is 0. The maximum Gasteiger partial charge on any atom is 0.223 e. The number of benzene rings is 2. The Morgan fingerprint density at radius 1 is 1.16 bits per heavy atom. The molecular weight excluding hydrogens is 314 g/mol. The molecule has 0 aromatic heterocycles. The van der Waals surface area contributed by atoms with Gasteiger partial charge in [-0.25, -0.2) is 0 Å². The minimum Gasteiger partial charge on any atom is -0.352 e. The van der Waals surface area contributed by atoms with E-state index in [0.29, 0.717) is 17.8 Å². The van der Waals surface area contributed by atoms with E-state index in [2.05, 4.69) is 11.4 Å². The maximum atomic E-state index is 12.1. The molecule has 1 N–H and O–H groups in total. The van der Waals surface area contributed by atoms with Crippen LogP contribution in [0.15, 0.2) is 48.5 Å². The number of para-hydroxylation sites is 1. The molecule has 2 rings (SSSR count). The highest BCUT2D eigenvalue weighted by molar-refractivity contribution is 5.93. The molecule has 0 atom stereocenters. The normalized spacial score (nSPS) is 9.96. The van der Waals surface area contributed by atoms with Crippen LogP contribution in [0, 0.1) is 18.3 Å². The van der Waals surface area contributed by atoms with Crippen molar-refractivity contribution in [1.82, 2.24) is 5.32 Å². The molecular formula is C20H21N3O2. The number of nitrogens with one attached hydrogen (secondary N) is 1. The molecule has 5 heteroatoms. The van der Waals surface area contributed by atoms with E-state index in [4.69, 9.17) is 0 Å². The van der Waals surface area contributed by atoms with Gasteiger partial charge in [0, 0.05) is 26.4 Å². The van der Waals surface area contributed by atoms with Gasteiger partial charge in [-0.1, -0.05) is 42.0 Å². The van der Waals surface area contributed by atoms with Gasteiger partial charge in [-0.3, -0.25) is 9.59 Å². The standard InChI is InChI=1S/C20H21N3O2/c1-15-6-5-7-17(12-15)14-22-20(25)10-11-23(16(2)24)19-9-4-3-8-18(19)13-21/h3-9,12H,10-11,14H2,1-2H3,(H,22,25). The third kappa shape index (κ3) is 5.18. The lowest BCUT2D eigenvalue weighted by molar-refractivity contribution is -0.121. The molecule has 5 nitrogen and oxygen atoms in total. The molecule has 25 heavy (non-hydrogen) atoms. The summed E-state index contributed by atoms with van der Waals surface area (Å²) in [6.07, 6.45) is 0.172. The Bertz CT molecular complexity index is 809. The second-order valence-electron chi connectivity index (χ2n) is 5.82. The highest BCUT2D eigenvalue weighted by atomic mass is 16.2. The van der Waals surface area contributed by atoms with Gasteiger partial charge in [0.25, 0.3) is 0 Å². The lowest BCUT2D eigenvalue weighted by Gasteiger charge is -2.22. The van der Waals surface area contributed by atoms with Crippen molar-refractivity contribution >= 4 is 17.5 Å². The topological polar surface area (TPSA) is 73.2 Å². The van der Waals surface area contributed by atoms with Crippen molar-refractivity contribution in [2.75, 3.05) is 11.4 Å². The summed E-state index contributed by atoms with van der Waals surface area (Å²) in [4.78, 5) is 25.5. The molecule has 2 amide bonds. The number of rotatable bonds is 6. The number of hydrogen-bond acceptors (Lipinski definition) is 3. The largest absolute Gasteiger partial charge is 0.352 e. The van der Waals surface area contributed by atoms with E-state index in [-0.39, 0.29) is 24.8 Å². The average Bonchev–Trinajstić information content (AvgIpc) is 2.60. The molecule has 0 heterocycles. The van der Waals surface area contributed by atoms with Crippen LogP contribution in [-0.2, 0) is 16.1 Å².